The van der Waals surface area contributed by atoms with Crippen molar-refractivity contribution in [1.29, 1.82) is 5.26 Å². The molecule has 0 unspecified atom stereocenters. The molecule has 88 valence electrons. The zero-order chi connectivity index (χ0) is 12.0. The van der Waals surface area contributed by atoms with E-state index < -0.39 is 6.03 Å². The summed E-state index contributed by atoms with van der Waals surface area (Å²) in [6.07, 6.45) is 2.31. The molecule has 0 atom stereocenters. The molecule has 16 heavy (non-hydrogen) atoms. The van der Waals surface area contributed by atoms with Crippen LogP contribution in [0.5, 0.6) is 0 Å². The lowest BCUT2D eigenvalue weighted by molar-refractivity contribution is -0.119. The quantitative estimate of drug-likeness (QED) is 0.738. The van der Waals surface area contributed by atoms with Crippen LogP contribution in [0.15, 0.2) is 0 Å². The summed E-state index contributed by atoms with van der Waals surface area (Å²) in [6, 6.07) is 1.77. The number of amides is 3. The smallest absolute Gasteiger partial charge is 0.320 e. The molecule has 1 aliphatic rings. The fourth-order valence-electron chi connectivity index (χ4n) is 1.35. The second-order valence-electron chi connectivity index (χ2n) is 3.62. The molecule has 1 aliphatic carbocycles. The molecule has 3 amide bonds. The van der Waals surface area contributed by atoms with E-state index in [1.54, 1.807) is 4.90 Å². The average Bonchev–Trinajstić information content (AvgIpc) is 3.02. The molecule has 0 saturated heterocycles. The number of urea groups is 1. The minimum absolute atomic E-state index is 0.129. The first-order valence-corrected chi connectivity index (χ1v) is 5.76. The highest BCUT2D eigenvalue weighted by Gasteiger charge is 2.32. The number of carbonyl (C=O) groups is 2. The van der Waals surface area contributed by atoms with Gasteiger partial charge in [-0.3, -0.25) is 10.1 Å². The summed E-state index contributed by atoms with van der Waals surface area (Å²) in [5, 5.41) is 10.7. The van der Waals surface area contributed by atoms with E-state index in [-0.39, 0.29) is 30.7 Å². The van der Waals surface area contributed by atoms with Crippen LogP contribution < -0.4 is 5.32 Å². The maximum absolute atomic E-state index is 11.7. The highest BCUT2D eigenvalue weighted by molar-refractivity contribution is 6.19. The Labute approximate surface area is 99.3 Å². The summed E-state index contributed by atoms with van der Waals surface area (Å²) in [6.45, 7) is 0.376. The number of nitrogens with zero attached hydrogens (tertiary/aromatic N) is 2. The van der Waals surface area contributed by atoms with Gasteiger partial charge in [0.15, 0.2) is 0 Å². The first kappa shape index (κ1) is 12.8. The van der Waals surface area contributed by atoms with Crippen LogP contribution in [0.4, 0.5) is 4.79 Å². The summed E-state index contributed by atoms with van der Waals surface area (Å²) in [5.41, 5.74) is 0. The van der Waals surface area contributed by atoms with Gasteiger partial charge in [0.05, 0.1) is 12.5 Å². The van der Waals surface area contributed by atoms with E-state index >= 15 is 0 Å². The normalized spacial score (nSPS) is 14.0. The van der Waals surface area contributed by atoms with Gasteiger partial charge >= 0.3 is 6.03 Å². The van der Waals surface area contributed by atoms with Crippen LogP contribution in [-0.4, -0.2) is 35.3 Å². The molecule has 1 rings (SSSR count). The van der Waals surface area contributed by atoms with Crippen molar-refractivity contribution in [3.05, 3.63) is 0 Å². The number of imide groups is 1. The van der Waals surface area contributed by atoms with E-state index in [4.69, 9.17) is 16.9 Å². The van der Waals surface area contributed by atoms with E-state index in [0.717, 1.165) is 12.8 Å². The van der Waals surface area contributed by atoms with Crippen molar-refractivity contribution in [2.75, 3.05) is 12.4 Å². The lowest BCUT2D eigenvalue weighted by Crippen LogP contribution is -2.44. The van der Waals surface area contributed by atoms with Crippen LogP contribution in [0.25, 0.3) is 0 Å². The van der Waals surface area contributed by atoms with Crippen LogP contribution >= 0.6 is 11.6 Å². The number of halogens is 1. The molecule has 0 aliphatic heterocycles. The Morgan fingerprint density at radius 3 is 2.69 bits per heavy atom. The second-order valence-corrected chi connectivity index (χ2v) is 4.00. The highest BCUT2D eigenvalue weighted by Crippen LogP contribution is 2.26. The van der Waals surface area contributed by atoms with Crippen LogP contribution in [0.1, 0.15) is 25.7 Å². The molecule has 5 nitrogen and oxygen atoms in total. The first-order valence-electron chi connectivity index (χ1n) is 5.22. The van der Waals surface area contributed by atoms with Gasteiger partial charge in [0.25, 0.3) is 0 Å². The first-order chi connectivity index (χ1) is 7.69. The second kappa shape index (κ2) is 6.33. The van der Waals surface area contributed by atoms with Crippen LogP contribution in [0, 0.1) is 11.3 Å². The molecular formula is C10H14ClN3O2. The van der Waals surface area contributed by atoms with Crippen molar-refractivity contribution in [3.8, 4) is 6.07 Å². The number of carbonyl (C=O) groups excluding carboxylic acids is 2. The van der Waals surface area contributed by atoms with Gasteiger partial charge in [-0.1, -0.05) is 0 Å². The molecule has 1 N–H and O–H groups in total. The third-order valence-corrected chi connectivity index (χ3v) is 2.47. The maximum Gasteiger partial charge on any atom is 0.324 e. The van der Waals surface area contributed by atoms with E-state index in [0.29, 0.717) is 6.54 Å². The molecule has 0 spiro atoms. The van der Waals surface area contributed by atoms with Crippen molar-refractivity contribution >= 4 is 23.5 Å². The zero-order valence-electron chi connectivity index (χ0n) is 8.91. The van der Waals surface area contributed by atoms with Crippen LogP contribution in [-0.2, 0) is 4.79 Å². The molecule has 0 aromatic rings. The van der Waals surface area contributed by atoms with Crippen molar-refractivity contribution in [2.24, 2.45) is 0 Å². The predicted octanol–water partition coefficient (Wildman–Crippen LogP) is 1.23. The lowest BCUT2D eigenvalue weighted by atomic mass is 10.4. The summed E-state index contributed by atoms with van der Waals surface area (Å²) in [4.78, 5) is 24.4. The molecule has 6 heteroatoms. The SMILES string of the molecule is N#CCCN(C(=O)NC(=O)CCCl)C1CC1. The van der Waals surface area contributed by atoms with Crippen molar-refractivity contribution in [3.63, 3.8) is 0 Å². The molecule has 0 aromatic heterocycles. The Bertz CT molecular complexity index is 310. The maximum atomic E-state index is 11.7. The Hall–Kier alpha value is -1.28. The molecule has 0 radical (unpaired) electrons. The van der Waals surface area contributed by atoms with Gasteiger partial charge in [0.1, 0.15) is 0 Å². The van der Waals surface area contributed by atoms with Crippen LogP contribution in [0.3, 0.4) is 0 Å². The van der Waals surface area contributed by atoms with Crippen molar-refractivity contribution in [2.45, 2.75) is 31.7 Å². The minimum atomic E-state index is -0.409. The number of hydrogen-bond acceptors (Lipinski definition) is 3. The van der Waals surface area contributed by atoms with Gasteiger partial charge in [-0.2, -0.15) is 5.26 Å². The molecule has 0 aromatic carbocycles. The van der Waals surface area contributed by atoms with E-state index in [9.17, 15) is 9.59 Å². The Balaban J connectivity index is 2.41. The van der Waals surface area contributed by atoms with Crippen molar-refractivity contribution < 1.29 is 9.59 Å². The van der Waals surface area contributed by atoms with Gasteiger partial charge in [-0.05, 0) is 12.8 Å². The van der Waals surface area contributed by atoms with Gasteiger partial charge in [0, 0.05) is 24.9 Å². The van der Waals surface area contributed by atoms with Crippen LogP contribution in [0.2, 0.25) is 0 Å². The van der Waals surface area contributed by atoms with Gasteiger partial charge in [-0.25, -0.2) is 4.79 Å². The van der Waals surface area contributed by atoms with Crippen molar-refractivity contribution in [1.82, 2.24) is 10.2 Å². The number of nitriles is 1. The van der Waals surface area contributed by atoms with Gasteiger partial charge in [-0.15, -0.1) is 11.6 Å². The third-order valence-electron chi connectivity index (χ3n) is 2.28. The van der Waals surface area contributed by atoms with E-state index in [1.165, 1.54) is 0 Å². The number of rotatable bonds is 5. The predicted molar refractivity (Wildman–Crippen MR) is 58.8 cm³/mol. The third kappa shape index (κ3) is 4.07. The molecule has 0 bridgehead atoms. The monoisotopic (exact) mass is 243 g/mol. The highest BCUT2D eigenvalue weighted by atomic mass is 35.5. The van der Waals surface area contributed by atoms with E-state index in [1.807, 2.05) is 6.07 Å². The Morgan fingerprint density at radius 2 is 2.19 bits per heavy atom. The number of hydrogen-bond donors (Lipinski definition) is 1. The summed E-state index contributed by atoms with van der Waals surface area (Å²) < 4.78 is 0. The largest absolute Gasteiger partial charge is 0.324 e. The van der Waals surface area contributed by atoms with E-state index in [2.05, 4.69) is 5.32 Å². The Kier molecular flexibility index (Phi) is 5.06. The summed E-state index contributed by atoms with van der Waals surface area (Å²) >= 11 is 5.39. The lowest BCUT2D eigenvalue weighted by Gasteiger charge is -2.20. The summed E-state index contributed by atoms with van der Waals surface area (Å²) in [7, 11) is 0. The van der Waals surface area contributed by atoms with Gasteiger partial charge < -0.3 is 4.90 Å². The Morgan fingerprint density at radius 1 is 1.50 bits per heavy atom. The fourth-order valence-corrected chi connectivity index (χ4v) is 1.52. The summed E-state index contributed by atoms with van der Waals surface area (Å²) in [5.74, 6) is -0.177. The number of alkyl halides is 1. The molecular weight excluding hydrogens is 230 g/mol. The molecule has 0 heterocycles. The molecule has 1 fully saturated rings. The molecule has 1 saturated carbocycles. The number of nitrogens with one attached hydrogen (secondary N) is 1. The minimum Gasteiger partial charge on any atom is -0.320 e. The van der Waals surface area contributed by atoms with Gasteiger partial charge in [0.2, 0.25) is 5.91 Å². The average molecular weight is 244 g/mol. The fraction of sp³-hybridized carbons (Fsp3) is 0.700. The standard InChI is InChI=1S/C10H14ClN3O2/c11-5-4-9(15)13-10(16)14(7-1-6-12)8-2-3-8/h8H,1-5,7H2,(H,13,15,16). The topological polar surface area (TPSA) is 73.2 Å². The zero-order valence-corrected chi connectivity index (χ0v) is 9.66.